The lowest BCUT2D eigenvalue weighted by Crippen LogP contribution is -2.48. The fraction of sp³-hybridized carbons (Fsp3) is 0.458. The summed E-state index contributed by atoms with van der Waals surface area (Å²) in [6.45, 7) is 3.29. The number of amides is 1. The molecule has 2 aliphatic heterocycles. The zero-order chi connectivity index (χ0) is 23.4. The van der Waals surface area contributed by atoms with Crippen LogP contribution >= 0.6 is 11.6 Å². The molecule has 0 unspecified atom stereocenters. The predicted molar refractivity (Wildman–Crippen MR) is 126 cm³/mol. The molecule has 2 aliphatic rings. The van der Waals surface area contributed by atoms with Gasteiger partial charge in [0, 0.05) is 49.7 Å². The normalized spacial score (nSPS) is 19.5. The van der Waals surface area contributed by atoms with E-state index in [4.69, 9.17) is 11.6 Å². The highest BCUT2D eigenvalue weighted by molar-refractivity contribution is 7.89. The lowest BCUT2D eigenvalue weighted by atomic mass is 9.95. The molecule has 0 saturated carbocycles. The van der Waals surface area contributed by atoms with Crippen molar-refractivity contribution in [2.24, 2.45) is 5.92 Å². The molecule has 2 heterocycles. The molecule has 0 atom stereocenters. The lowest BCUT2D eigenvalue weighted by Gasteiger charge is -2.34. The number of piperidine rings is 2. The molecule has 4 rings (SSSR count). The topological polar surface area (TPSA) is 69.7 Å². The molecule has 6 nitrogen and oxygen atoms in total. The largest absolute Gasteiger partial charge is 0.353 e. The summed E-state index contributed by atoms with van der Waals surface area (Å²) in [5, 5.41) is 3.91. The van der Waals surface area contributed by atoms with E-state index in [0.29, 0.717) is 12.8 Å². The Kier molecular flexibility index (Phi) is 7.69. The van der Waals surface area contributed by atoms with Crippen molar-refractivity contribution in [2.75, 3.05) is 26.2 Å². The van der Waals surface area contributed by atoms with Gasteiger partial charge in [0.05, 0.1) is 4.90 Å². The van der Waals surface area contributed by atoms with Gasteiger partial charge in [-0.2, -0.15) is 4.31 Å². The van der Waals surface area contributed by atoms with Crippen molar-refractivity contribution in [3.05, 3.63) is 64.9 Å². The van der Waals surface area contributed by atoms with E-state index < -0.39 is 15.8 Å². The second-order valence-electron chi connectivity index (χ2n) is 8.82. The summed E-state index contributed by atoms with van der Waals surface area (Å²) in [6.07, 6.45) is 2.78. The standard InChI is InChI=1S/C24H29ClFN3O3S/c25-20-3-1-18(2-4-20)17-28-13-11-22(12-14-28)27-24(30)19-9-15-29(16-10-19)33(31,32)23-7-5-21(26)6-8-23/h1-8,19,22H,9-17H2,(H,27,30). The molecule has 2 fully saturated rings. The Bertz CT molecular complexity index is 1050. The second-order valence-corrected chi connectivity index (χ2v) is 11.2. The maximum absolute atomic E-state index is 13.1. The summed E-state index contributed by atoms with van der Waals surface area (Å²) in [7, 11) is -3.67. The van der Waals surface area contributed by atoms with Crippen molar-refractivity contribution >= 4 is 27.5 Å². The van der Waals surface area contributed by atoms with Crippen LogP contribution in [0.4, 0.5) is 4.39 Å². The lowest BCUT2D eigenvalue weighted by molar-refractivity contribution is -0.127. The van der Waals surface area contributed by atoms with Crippen LogP contribution in [0.15, 0.2) is 53.4 Å². The van der Waals surface area contributed by atoms with Gasteiger partial charge in [0.15, 0.2) is 0 Å². The highest BCUT2D eigenvalue weighted by atomic mass is 35.5. The third-order valence-electron chi connectivity index (χ3n) is 6.53. The van der Waals surface area contributed by atoms with E-state index in [2.05, 4.69) is 10.2 Å². The van der Waals surface area contributed by atoms with Gasteiger partial charge >= 0.3 is 0 Å². The summed E-state index contributed by atoms with van der Waals surface area (Å²) in [5.74, 6) is -0.637. The summed E-state index contributed by atoms with van der Waals surface area (Å²) in [6, 6.07) is 12.9. The minimum atomic E-state index is -3.67. The van der Waals surface area contributed by atoms with Crippen LogP contribution in [0.25, 0.3) is 0 Å². The number of nitrogens with zero attached hydrogens (tertiary/aromatic N) is 2. The van der Waals surface area contributed by atoms with Crippen molar-refractivity contribution in [2.45, 2.75) is 43.2 Å². The first-order valence-electron chi connectivity index (χ1n) is 11.3. The van der Waals surface area contributed by atoms with Crippen molar-refractivity contribution < 1.29 is 17.6 Å². The number of carbonyl (C=O) groups excluding carboxylic acids is 1. The Morgan fingerprint density at radius 2 is 1.55 bits per heavy atom. The first-order valence-corrected chi connectivity index (χ1v) is 13.2. The molecule has 2 aromatic carbocycles. The summed E-state index contributed by atoms with van der Waals surface area (Å²) in [5.41, 5.74) is 1.23. The first-order chi connectivity index (χ1) is 15.8. The van der Waals surface area contributed by atoms with E-state index in [1.165, 1.54) is 22.0 Å². The van der Waals surface area contributed by atoms with Crippen LogP contribution in [0.2, 0.25) is 5.02 Å². The SMILES string of the molecule is O=C(NC1CCN(Cc2ccc(Cl)cc2)CC1)C1CCN(S(=O)(=O)c2ccc(F)cc2)CC1. The van der Waals surface area contributed by atoms with Gasteiger partial charge in [-0.15, -0.1) is 0 Å². The molecule has 33 heavy (non-hydrogen) atoms. The van der Waals surface area contributed by atoms with Gasteiger partial charge in [-0.05, 0) is 67.6 Å². The van der Waals surface area contributed by atoms with Gasteiger partial charge in [0.25, 0.3) is 0 Å². The van der Waals surface area contributed by atoms with Gasteiger partial charge < -0.3 is 5.32 Å². The highest BCUT2D eigenvalue weighted by Gasteiger charge is 2.33. The van der Waals surface area contributed by atoms with Gasteiger partial charge in [0.2, 0.25) is 15.9 Å². The van der Waals surface area contributed by atoms with E-state index in [0.717, 1.165) is 49.6 Å². The minimum absolute atomic E-state index is 0.0185. The molecule has 0 spiro atoms. The fourth-order valence-corrected chi connectivity index (χ4v) is 6.11. The molecule has 2 saturated heterocycles. The number of hydrogen-bond donors (Lipinski definition) is 1. The van der Waals surface area contributed by atoms with Crippen molar-refractivity contribution in [3.8, 4) is 0 Å². The van der Waals surface area contributed by atoms with E-state index >= 15 is 0 Å². The Labute approximate surface area is 199 Å². The maximum atomic E-state index is 13.1. The second kappa shape index (κ2) is 10.5. The number of nitrogens with one attached hydrogen (secondary N) is 1. The van der Waals surface area contributed by atoms with Crippen LogP contribution in [0.5, 0.6) is 0 Å². The third-order valence-corrected chi connectivity index (χ3v) is 8.69. The summed E-state index contributed by atoms with van der Waals surface area (Å²) < 4.78 is 40.0. The highest BCUT2D eigenvalue weighted by Crippen LogP contribution is 2.25. The molecule has 9 heteroatoms. The van der Waals surface area contributed by atoms with Crippen LogP contribution in [0, 0.1) is 11.7 Å². The number of sulfonamides is 1. The van der Waals surface area contributed by atoms with Crippen LogP contribution < -0.4 is 5.32 Å². The smallest absolute Gasteiger partial charge is 0.243 e. The molecular weight excluding hydrogens is 465 g/mol. The van der Waals surface area contributed by atoms with E-state index in [9.17, 15) is 17.6 Å². The zero-order valence-corrected chi connectivity index (χ0v) is 20.0. The molecule has 0 aromatic heterocycles. The quantitative estimate of drug-likeness (QED) is 0.666. The molecule has 178 valence electrons. The van der Waals surface area contributed by atoms with Gasteiger partial charge in [-0.1, -0.05) is 23.7 Å². The average molecular weight is 494 g/mol. The Morgan fingerprint density at radius 3 is 2.15 bits per heavy atom. The molecule has 0 bridgehead atoms. The monoisotopic (exact) mass is 493 g/mol. The zero-order valence-electron chi connectivity index (χ0n) is 18.4. The molecule has 2 aromatic rings. The van der Waals surface area contributed by atoms with Gasteiger partial charge in [0.1, 0.15) is 5.82 Å². The van der Waals surface area contributed by atoms with Crippen molar-refractivity contribution in [3.63, 3.8) is 0 Å². The predicted octanol–water partition coefficient (Wildman–Crippen LogP) is 3.66. The Hall–Kier alpha value is -2.00. The molecule has 0 aliphatic carbocycles. The van der Waals surface area contributed by atoms with E-state index in [1.54, 1.807) is 0 Å². The molecule has 1 N–H and O–H groups in total. The molecular formula is C24H29ClFN3O3S. The number of hydrogen-bond acceptors (Lipinski definition) is 4. The summed E-state index contributed by atoms with van der Waals surface area (Å²) >= 11 is 5.95. The number of halogens is 2. The third kappa shape index (κ3) is 6.12. The number of carbonyl (C=O) groups is 1. The minimum Gasteiger partial charge on any atom is -0.353 e. The van der Waals surface area contributed by atoms with Crippen LogP contribution in [0.3, 0.4) is 0 Å². The number of likely N-dealkylation sites (tertiary alicyclic amines) is 1. The van der Waals surface area contributed by atoms with Gasteiger partial charge in [-0.3, -0.25) is 9.69 Å². The van der Waals surface area contributed by atoms with Crippen LogP contribution in [-0.2, 0) is 21.4 Å². The molecule has 1 amide bonds. The van der Waals surface area contributed by atoms with Crippen molar-refractivity contribution in [1.29, 1.82) is 0 Å². The van der Waals surface area contributed by atoms with Gasteiger partial charge in [-0.25, -0.2) is 12.8 Å². The van der Waals surface area contributed by atoms with E-state index in [-0.39, 0.29) is 35.9 Å². The Balaban J connectivity index is 1.22. The maximum Gasteiger partial charge on any atom is 0.243 e. The fourth-order valence-electron chi connectivity index (χ4n) is 4.52. The van der Waals surface area contributed by atoms with Crippen LogP contribution in [-0.4, -0.2) is 55.8 Å². The van der Waals surface area contributed by atoms with Crippen LogP contribution in [0.1, 0.15) is 31.2 Å². The number of benzene rings is 2. The number of rotatable bonds is 6. The van der Waals surface area contributed by atoms with E-state index in [1.807, 2.05) is 24.3 Å². The average Bonchev–Trinajstić information content (AvgIpc) is 2.82. The first kappa shape index (κ1) is 24.1. The summed E-state index contributed by atoms with van der Waals surface area (Å²) in [4.78, 5) is 15.2. The molecule has 0 radical (unpaired) electrons. The van der Waals surface area contributed by atoms with Crippen molar-refractivity contribution in [1.82, 2.24) is 14.5 Å². The Morgan fingerprint density at radius 1 is 0.939 bits per heavy atom.